The molecule has 7 heteroatoms. The summed E-state index contributed by atoms with van der Waals surface area (Å²) in [5.41, 5.74) is 3.26. The number of unbranched alkanes of at least 4 members (excludes halogenated alkanes) is 1. The molecule has 0 aliphatic rings. The second kappa shape index (κ2) is 10.1. The molecule has 0 atom stereocenters. The second-order valence-corrected chi connectivity index (χ2v) is 6.70. The smallest absolute Gasteiger partial charge is 0.248 e. The molecule has 0 aliphatic heterocycles. The molecule has 0 unspecified atom stereocenters. The van der Waals surface area contributed by atoms with Crippen LogP contribution in [0.25, 0.3) is 17.1 Å². The average molecular weight is 404 g/mol. The number of aromatic amines is 1. The molecule has 2 N–H and O–H groups in total. The summed E-state index contributed by atoms with van der Waals surface area (Å²) in [5, 5.41) is 11.5. The number of nitriles is 1. The van der Waals surface area contributed by atoms with Gasteiger partial charge in [0.2, 0.25) is 5.91 Å². The molecule has 3 rings (SSSR count). The Bertz CT molecular complexity index is 1100. The maximum Gasteiger partial charge on any atom is 0.248 e. The van der Waals surface area contributed by atoms with Crippen molar-refractivity contribution >= 4 is 28.7 Å². The number of imidazole rings is 1. The van der Waals surface area contributed by atoms with Crippen molar-refractivity contribution in [1.82, 2.24) is 9.97 Å². The Morgan fingerprint density at radius 2 is 2.13 bits per heavy atom. The van der Waals surface area contributed by atoms with Crippen molar-refractivity contribution in [3.8, 4) is 17.6 Å². The number of nitrogens with one attached hydrogen (secondary N) is 2. The molecule has 0 fully saturated rings. The Morgan fingerprint density at radius 1 is 1.27 bits per heavy atom. The largest absolute Gasteiger partial charge is 0.493 e. The lowest BCUT2D eigenvalue weighted by atomic mass is 10.2. The van der Waals surface area contributed by atoms with Crippen molar-refractivity contribution in [2.45, 2.75) is 26.2 Å². The van der Waals surface area contributed by atoms with Crippen LogP contribution in [0.4, 0.5) is 5.69 Å². The fourth-order valence-electron chi connectivity index (χ4n) is 2.98. The summed E-state index contributed by atoms with van der Waals surface area (Å²) in [6.45, 7) is 2.09. The van der Waals surface area contributed by atoms with E-state index in [0.29, 0.717) is 17.2 Å². The van der Waals surface area contributed by atoms with Crippen LogP contribution >= 0.6 is 0 Å². The third-order valence-corrected chi connectivity index (χ3v) is 4.47. The molecule has 154 valence electrons. The molecule has 0 spiro atoms. The van der Waals surface area contributed by atoms with E-state index in [1.54, 1.807) is 24.3 Å². The van der Waals surface area contributed by atoms with Gasteiger partial charge in [-0.25, -0.2) is 4.98 Å². The van der Waals surface area contributed by atoms with Crippen molar-refractivity contribution in [1.29, 1.82) is 5.26 Å². The maximum absolute atomic E-state index is 12.3. The molecule has 1 heterocycles. The quantitative estimate of drug-likeness (QED) is 0.513. The summed E-state index contributed by atoms with van der Waals surface area (Å²) in [6.07, 6.45) is 6.26. The van der Waals surface area contributed by atoms with Crippen LogP contribution in [0.3, 0.4) is 0 Å². The highest BCUT2D eigenvalue weighted by atomic mass is 16.5. The SMILES string of the molecule is CCCCc1nc2ccc(NC(=O)/C=C/c3ccc(OCC#N)c(OC)c3)cc2[nH]1. The standard InChI is InChI=1S/C23H24N4O3/c1-3-4-5-22-26-18-9-8-17(15-19(18)27-22)25-23(28)11-7-16-6-10-20(30-13-12-24)21(14-16)29-2/h6-11,14-15H,3-5,13H2,1-2H3,(H,25,28)(H,26,27)/b11-7+. The van der Waals surface area contributed by atoms with Gasteiger partial charge in [0, 0.05) is 18.2 Å². The van der Waals surface area contributed by atoms with Crippen LogP contribution in [0.1, 0.15) is 31.2 Å². The number of benzene rings is 2. The first-order valence-electron chi connectivity index (χ1n) is 9.78. The Labute approximate surface area is 175 Å². The first-order chi connectivity index (χ1) is 14.6. The number of amides is 1. The Balaban J connectivity index is 1.66. The Hall–Kier alpha value is -3.79. The van der Waals surface area contributed by atoms with Gasteiger partial charge in [-0.2, -0.15) is 5.26 Å². The van der Waals surface area contributed by atoms with E-state index in [4.69, 9.17) is 14.7 Å². The van der Waals surface area contributed by atoms with Crippen molar-refractivity contribution < 1.29 is 14.3 Å². The van der Waals surface area contributed by atoms with Crippen molar-refractivity contribution in [3.05, 3.63) is 53.9 Å². The predicted molar refractivity (Wildman–Crippen MR) is 116 cm³/mol. The highest BCUT2D eigenvalue weighted by Gasteiger charge is 2.07. The lowest BCUT2D eigenvalue weighted by Crippen LogP contribution is -2.07. The minimum Gasteiger partial charge on any atom is -0.493 e. The summed E-state index contributed by atoms with van der Waals surface area (Å²) < 4.78 is 10.6. The predicted octanol–water partition coefficient (Wildman–Crippen LogP) is 4.47. The number of methoxy groups -OCH3 is 1. The molecule has 0 saturated heterocycles. The van der Waals surface area contributed by atoms with E-state index in [9.17, 15) is 4.79 Å². The number of aromatic nitrogens is 2. The van der Waals surface area contributed by atoms with Crippen molar-refractivity contribution in [3.63, 3.8) is 0 Å². The van der Waals surface area contributed by atoms with Crippen LogP contribution in [-0.2, 0) is 11.2 Å². The number of nitrogens with zero attached hydrogens (tertiary/aromatic N) is 2. The molecule has 3 aromatic rings. The summed E-state index contributed by atoms with van der Waals surface area (Å²) in [5.74, 6) is 1.69. The zero-order valence-electron chi connectivity index (χ0n) is 17.1. The van der Waals surface area contributed by atoms with Crippen LogP contribution in [-0.4, -0.2) is 29.6 Å². The first kappa shape index (κ1) is 20.9. The summed E-state index contributed by atoms with van der Waals surface area (Å²) in [7, 11) is 1.52. The fraction of sp³-hybridized carbons (Fsp3) is 0.261. The number of rotatable bonds is 9. The Morgan fingerprint density at radius 3 is 2.90 bits per heavy atom. The van der Waals surface area contributed by atoms with Gasteiger partial charge in [-0.15, -0.1) is 0 Å². The van der Waals surface area contributed by atoms with Crippen LogP contribution in [0, 0.1) is 11.3 Å². The average Bonchev–Trinajstić information content (AvgIpc) is 3.17. The molecule has 0 aliphatic carbocycles. The van der Waals surface area contributed by atoms with Gasteiger partial charge >= 0.3 is 0 Å². The second-order valence-electron chi connectivity index (χ2n) is 6.70. The van der Waals surface area contributed by atoms with Crippen LogP contribution in [0.5, 0.6) is 11.5 Å². The van der Waals surface area contributed by atoms with E-state index < -0.39 is 0 Å². The van der Waals surface area contributed by atoms with Gasteiger partial charge in [-0.1, -0.05) is 19.4 Å². The number of hydrogen-bond acceptors (Lipinski definition) is 5. The molecular weight excluding hydrogens is 380 g/mol. The van der Waals surface area contributed by atoms with E-state index in [0.717, 1.165) is 41.7 Å². The van der Waals surface area contributed by atoms with Gasteiger partial charge in [0.25, 0.3) is 0 Å². The van der Waals surface area contributed by atoms with Crippen molar-refractivity contribution in [2.24, 2.45) is 0 Å². The van der Waals surface area contributed by atoms with Crippen LogP contribution < -0.4 is 14.8 Å². The zero-order valence-corrected chi connectivity index (χ0v) is 17.1. The molecule has 2 aromatic carbocycles. The number of hydrogen-bond donors (Lipinski definition) is 2. The van der Waals surface area contributed by atoms with E-state index >= 15 is 0 Å². The van der Waals surface area contributed by atoms with Crippen LogP contribution in [0.2, 0.25) is 0 Å². The Kier molecular flexibility index (Phi) is 7.06. The topological polar surface area (TPSA) is 100 Å². The molecule has 1 amide bonds. The van der Waals surface area contributed by atoms with Crippen molar-refractivity contribution in [2.75, 3.05) is 19.0 Å². The van der Waals surface area contributed by atoms with E-state index in [1.165, 1.54) is 13.2 Å². The highest BCUT2D eigenvalue weighted by molar-refractivity contribution is 6.02. The summed E-state index contributed by atoms with van der Waals surface area (Å²) in [4.78, 5) is 20.2. The molecule has 30 heavy (non-hydrogen) atoms. The van der Waals surface area contributed by atoms with Gasteiger partial charge in [0.15, 0.2) is 18.1 Å². The van der Waals surface area contributed by atoms with E-state index in [1.807, 2.05) is 24.3 Å². The highest BCUT2D eigenvalue weighted by Crippen LogP contribution is 2.28. The number of H-pyrrole nitrogens is 1. The summed E-state index contributed by atoms with van der Waals surface area (Å²) in [6, 6.07) is 12.8. The number of ether oxygens (including phenoxy) is 2. The molecule has 0 saturated carbocycles. The van der Waals surface area contributed by atoms with E-state index in [2.05, 4.69) is 22.2 Å². The first-order valence-corrected chi connectivity index (χ1v) is 9.78. The number of carbonyl (C=O) groups is 1. The normalized spacial score (nSPS) is 10.8. The number of aryl methyl sites for hydroxylation is 1. The third-order valence-electron chi connectivity index (χ3n) is 4.47. The molecular formula is C23H24N4O3. The number of fused-ring (bicyclic) bond motifs is 1. The number of carbonyl (C=O) groups excluding carboxylic acids is 1. The maximum atomic E-state index is 12.3. The molecule has 7 nitrogen and oxygen atoms in total. The van der Waals surface area contributed by atoms with Gasteiger partial charge in [-0.3, -0.25) is 4.79 Å². The zero-order chi connectivity index (χ0) is 21.3. The summed E-state index contributed by atoms with van der Waals surface area (Å²) >= 11 is 0. The lowest BCUT2D eigenvalue weighted by molar-refractivity contribution is -0.111. The minimum atomic E-state index is -0.246. The van der Waals surface area contributed by atoms with Crippen LogP contribution in [0.15, 0.2) is 42.5 Å². The fourth-order valence-corrected chi connectivity index (χ4v) is 2.98. The molecule has 0 radical (unpaired) electrons. The minimum absolute atomic E-state index is 0.0608. The third kappa shape index (κ3) is 5.39. The molecule has 1 aromatic heterocycles. The monoisotopic (exact) mass is 404 g/mol. The molecule has 0 bridgehead atoms. The van der Waals surface area contributed by atoms with Gasteiger partial charge in [0.1, 0.15) is 11.9 Å². The number of anilines is 1. The van der Waals surface area contributed by atoms with Gasteiger partial charge in [-0.05, 0) is 48.4 Å². The van der Waals surface area contributed by atoms with E-state index in [-0.39, 0.29) is 12.5 Å². The van der Waals surface area contributed by atoms with Gasteiger partial charge < -0.3 is 19.8 Å². The van der Waals surface area contributed by atoms with Gasteiger partial charge in [0.05, 0.1) is 18.1 Å². The lowest BCUT2D eigenvalue weighted by Gasteiger charge is -2.08.